The minimum Gasteiger partial charge on any atom is -0.486 e. The van der Waals surface area contributed by atoms with Crippen molar-refractivity contribution < 1.29 is 18.9 Å². The molecule has 18 heavy (non-hydrogen) atoms. The van der Waals surface area contributed by atoms with Crippen LogP contribution in [0, 0.1) is 0 Å². The zero-order chi connectivity index (χ0) is 12.4. The van der Waals surface area contributed by atoms with E-state index in [2.05, 4.69) is 0 Å². The molecule has 5 heteroatoms. The van der Waals surface area contributed by atoms with E-state index in [1.54, 1.807) is 0 Å². The van der Waals surface area contributed by atoms with Gasteiger partial charge in [0.05, 0.1) is 13.2 Å². The molecule has 0 atom stereocenters. The Bertz CT molecular complexity index is 429. The van der Waals surface area contributed by atoms with E-state index in [0.29, 0.717) is 39.4 Å². The number of nitrogens with two attached hydrogens (primary N) is 1. The summed E-state index contributed by atoms with van der Waals surface area (Å²) >= 11 is 0. The predicted molar refractivity (Wildman–Crippen MR) is 64.7 cm³/mol. The van der Waals surface area contributed by atoms with Crippen LogP contribution in [0.2, 0.25) is 0 Å². The quantitative estimate of drug-likeness (QED) is 0.868. The smallest absolute Gasteiger partial charge is 0.196 e. The fourth-order valence-electron chi connectivity index (χ4n) is 2.38. The van der Waals surface area contributed by atoms with Gasteiger partial charge in [-0.3, -0.25) is 0 Å². The Morgan fingerprint density at radius 1 is 1.00 bits per heavy atom. The summed E-state index contributed by atoms with van der Waals surface area (Å²) in [6, 6.07) is 5.77. The van der Waals surface area contributed by atoms with Gasteiger partial charge in [-0.1, -0.05) is 0 Å². The Labute approximate surface area is 106 Å². The van der Waals surface area contributed by atoms with E-state index in [1.807, 2.05) is 18.2 Å². The SMILES string of the molecule is NCCC1(c2ccc3c(c2)OCCO3)OCCO1. The molecule has 5 nitrogen and oxygen atoms in total. The van der Waals surface area contributed by atoms with Crippen molar-refractivity contribution in [2.45, 2.75) is 12.2 Å². The second-order valence-electron chi connectivity index (χ2n) is 4.35. The van der Waals surface area contributed by atoms with Crippen LogP contribution in [0.4, 0.5) is 0 Å². The average molecular weight is 251 g/mol. The van der Waals surface area contributed by atoms with Gasteiger partial charge in [0.2, 0.25) is 0 Å². The summed E-state index contributed by atoms with van der Waals surface area (Å²) in [5.74, 6) is 0.796. The molecule has 0 saturated carbocycles. The summed E-state index contributed by atoms with van der Waals surface area (Å²) in [6.07, 6.45) is 0.632. The Kier molecular flexibility index (Phi) is 3.11. The summed E-state index contributed by atoms with van der Waals surface area (Å²) in [5.41, 5.74) is 6.59. The van der Waals surface area contributed by atoms with Crippen LogP contribution < -0.4 is 15.2 Å². The van der Waals surface area contributed by atoms with Gasteiger partial charge in [0.15, 0.2) is 17.3 Å². The molecule has 0 aliphatic carbocycles. The van der Waals surface area contributed by atoms with Crippen LogP contribution in [0.3, 0.4) is 0 Å². The Balaban J connectivity index is 1.94. The Morgan fingerprint density at radius 3 is 2.44 bits per heavy atom. The fourth-order valence-corrected chi connectivity index (χ4v) is 2.38. The van der Waals surface area contributed by atoms with Gasteiger partial charge in [0.25, 0.3) is 0 Å². The van der Waals surface area contributed by atoms with Gasteiger partial charge >= 0.3 is 0 Å². The molecule has 1 aromatic rings. The highest BCUT2D eigenvalue weighted by Gasteiger charge is 2.38. The highest BCUT2D eigenvalue weighted by atomic mass is 16.7. The van der Waals surface area contributed by atoms with Gasteiger partial charge in [0.1, 0.15) is 13.2 Å². The average Bonchev–Trinajstić information content (AvgIpc) is 2.88. The summed E-state index contributed by atoms with van der Waals surface area (Å²) < 4.78 is 22.6. The maximum Gasteiger partial charge on any atom is 0.196 e. The van der Waals surface area contributed by atoms with Crippen molar-refractivity contribution in [3.8, 4) is 11.5 Å². The van der Waals surface area contributed by atoms with E-state index >= 15 is 0 Å². The van der Waals surface area contributed by atoms with Crippen molar-refractivity contribution in [1.29, 1.82) is 0 Å². The van der Waals surface area contributed by atoms with E-state index in [-0.39, 0.29) is 0 Å². The zero-order valence-electron chi connectivity index (χ0n) is 10.2. The Morgan fingerprint density at radius 2 is 1.72 bits per heavy atom. The first kappa shape index (κ1) is 11.8. The molecule has 98 valence electrons. The van der Waals surface area contributed by atoms with Crippen molar-refractivity contribution in [3.63, 3.8) is 0 Å². The highest BCUT2D eigenvalue weighted by Crippen LogP contribution is 2.39. The van der Waals surface area contributed by atoms with E-state index in [4.69, 9.17) is 24.7 Å². The lowest BCUT2D eigenvalue weighted by atomic mass is 10.0. The van der Waals surface area contributed by atoms with Crippen molar-refractivity contribution in [2.75, 3.05) is 33.0 Å². The minimum atomic E-state index is -0.718. The molecule has 0 radical (unpaired) electrons. The number of benzene rings is 1. The van der Waals surface area contributed by atoms with Crippen LogP contribution in [0.5, 0.6) is 11.5 Å². The topological polar surface area (TPSA) is 62.9 Å². The van der Waals surface area contributed by atoms with E-state index < -0.39 is 5.79 Å². The molecule has 0 bridgehead atoms. The second kappa shape index (κ2) is 4.76. The van der Waals surface area contributed by atoms with Crippen LogP contribution in [0.15, 0.2) is 18.2 Å². The number of fused-ring (bicyclic) bond motifs is 1. The van der Waals surface area contributed by atoms with Crippen LogP contribution in [-0.4, -0.2) is 33.0 Å². The van der Waals surface area contributed by atoms with Crippen LogP contribution >= 0.6 is 0 Å². The van der Waals surface area contributed by atoms with Crippen molar-refractivity contribution in [3.05, 3.63) is 23.8 Å². The monoisotopic (exact) mass is 251 g/mol. The molecule has 3 rings (SSSR count). The molecule has 2 heterocycles. The number of hydrogen-bond acceptors (Lipinski definition) is 5. The van der Waals surface area contributed by atoms with Crippen LogP contribution in [0.1, 0.15) is 12.0 Å². The summed E-state index contributed by atoms with van der Waals surface area (Å²) in [6.45, 7) is 2.85. The Hall–Kier alpha value is -1.30. The van der Waals surface area contributed by atoms with Crippen molar-refractivity contribution in [1.82, 2.24) is 0 Å². The molecule has 0 aromatic heterocycles. The lowest BCUT2D eigenvalue weighted by Crippen LogP contribution is -2.30. The lowest BCUT2D eigenvalue weighted by molar-refractivity contribution is -0.169. The first-order valence-electron chi connectivity index (χ1n) is 6.22. The fraction of sp³-hybridized carbons (Fsp3) is 0.538. The molecule has 2 aliphatic heterocycles. The predicted octanol–water partition coefficient (Wildman–Crippen LogP) is 1.01. The van der Waals surface area contributed by atoms with Gasteiger partial charge in [-0.15, -0.1) is 0 Å². The van der Waals surface area contributed by atoms with Gasteiger partial charge in [-0.2, -0.15) is 0 Å². The summed E-state index contributed by atoms with van der Waals surface area (Å²) in [4.78, 5) is 0. The highest BCUT2D eigenvalue weighted by molar-refractivity contribution is 5.45. The molecule has 0 unspecified atom stereocenters. The summed E-state index contributed by atoms with van der Waals surface area (Å²) in [7, 11) is 0. The standard InChI is InChI=1S/C13H17NO4/c14-4-3-13(17-7-8-18-13)10-1-2-11-12(9-10)16-6-5-15-11/h1-2,9H,3-8,14H2. The third kappa shape index (κ3) is 1.94. The lowest BCUT2D eigenvalue weighted by Gasteiger charge is -2.29. The van der Waals surface area contributed by atoms with Crippen molar-refractivity contribution >= 4 is 0 Å². The second-order valence-corrected chi connectivity index (χ2v) is 4.35. The zero-order valence-corrected chi connectivity index (χ0v) is 10.2. The normalized spacial score (nSPS) is 20.9. The number of hydrogen-bond donors (Lipinski definition) is 1. The molecule has 1 saturated heterocycles. The largest absolute Gasteiger partial charge is 0.486 e. The van der Waals surface area contributed by atoms with Gasteiger partial charge in [0, 0.05) is 12.0 Å². The minimum absolute atomic E-state index is 0.508. The van der Waals surface area contributed by atoms with E-state index in [9.17, 15) is 0 Å². The molecule has 0 amide bonds. The molecular weight excluding hydrogens is 234 g/mol. The molecule has 0 spiro atoms. The first-order valence-corrected chi connectivity index (χ1v) is 6.22. The number of rotatable bonds is 3. The van der Waals surface area contributed by atoms with Crippen LogP contribution in [-0.2, 0) is 15.3 Å². The summed E-state index contributed by atoms with van der Waals surface area (Å²) in [5, 5.41) is 0. The third-order valence-electron chi connectivity index (χ3n) is 3.21. The molecule has 2 N–H and O–H groups in total. The number of ether oxygens (including phenoxy) is 4. The molecular formula is C13H17NO4. The van der Waals surface area contributed by atoms with Gasteiger partial charge in [-0.05, 0) is 24.7 Å². The molecule has 1 fully saturated rings. The molecule has 2 aliphatic rings. The van der Waals surface area contributed by atoms with Crippen molar-refractivity contribution in [2.24, 2.45) is 5.73 Å². The first-order chi connectivity index (χ1) is 8.84. The maximum absolute atomic E-state index is 5.76. The third-order valence-corrected chi connectivity index (χ3v) is 3.21. The van der Waals surface area contributed by atoms with Gasteiger partial charge < -0.3 is 24.7 Å². The van der Waals surface area contributed by atoms with Crippen LogP contribution in [0.25, 0.3) is 0 Å². The van der Waals surface area contributed by atoms with E-state index in [1.165, 1.54) is 0 Å². The van der Waals surface area contributed by atoms with E-state index in [0.717, 1.165) is 17.1 Å². The molecule has 1 aromatic carbocycles. The van der Waals surface area contributed by atoms with Gasteiger partial charge in [-0.25, -0.2) is 0 Å². The maximum atomic E-state index is 5.76.